The molecule has 2 heterocycles. The maximum absolute atomic E-state index is 6.02. The van der Waals surface area contributed by atoms with Crippen molar-refractivity contribution in [3.63, 3.8) is 0 Å². The van der Waals surface area contributed by atoms with Crippen LogP contribution < -0.4 is 5.32 Å². The number of nitrogens with one attached hydrogen (secondary N) is 1. The van der Waals surface area contributed by atoms with Crippen LogP contribution in [0.4, 0.5) is 0 Å². The third-order valence-corrected chi connectivity index (χ3v) is 4.24. The number of nitrogens with zero attached hydrogens (tertiary/aromatic N) is 1. The summed E-state index contributed by atoms with van der Waals surface area (Å²) in [7, 11) is 0. The van der Waals surface area contributed by atoms with E-state index in [0.29, 0.717) is 6.04 Å². The van der Waals surface area contributed by atoms with Gasteiger partial charge >= 0.3 is 0 Å². The van der Waals surface area contributed by atoms with E-state index in [9.17, 15) is 0 Å². The van der Waals surface area contributed by atoms with Crippen LogP contribution in [0, 0.1) is 0 Å². The molecule has 1 saturated heterocycles. The van der Waals surface area contributed by atoms with Crippen molar-refractivity contribution in [2.24, 2.45) is 0 Å². The summed E-state index contributed by atoms with van der Waals surface area (Å²) in [4.78, 5) is 2.50. The zero-order valence-corrected chi connectivity index (χ0v) is 12.9. The highest BCUT2D eigenvalue weighted by Crippen LogP contribution is 2.25. The van der Waals surface area contributed by atoms with Gasteiger partial charge < -0.3 is 9.73 Å². The maximum Gasteiger partial charge on any atom is 0.122 e. The van der Waals surface area contributed by atoms with Crippen LogP contribution in [0.25, 0.3) is 0 Å². The Morgan fingerprint density at radius 3 is 2.76 bits per heavy atom. The van der Waals surface area contributed by atoms with Crippen LogP contribution in [0.5, 0.6) is 0 Å². The van der Waals surface area contributed by atoms with E-state index in [1.807, 2.05) is 24.3 Å². The summed E-state index contributed by atoms with van der Waals surface area (Å²) in [5.41, 5.74) is 1.21. The van der Waals surface area contributed by atoms with Gasteiger partial charge in [-0.3, -0.25) is 4.90 Å². The Hall–Kier alpha value is -1.29. The van der Waals surface area contributed by atoms with Gasteiger partial charge in [0.05, 0.1) is 12.3 Å². The van der Waals surface area contributed by atoms with Gasteiger partial charge in [0.1, 0.15) is 5.76 Å². The Kier molecular flexibility index (Phi) is 4.96. The van der Waals surface area contributed by atoms with E-state index in [1.54, 1.807) is 6.26 Å². The molecule has 1 aromatic carbocycles. The van der Waals surface area contributed by atoms with Crippen molar-refractivity contribution in [1.29, 1.82) is 0 Å². The highest BCUT2D eigenvalue weighted by atomic mass is 35.5. The van der Waals surface area contributed by atoms with Crippen molar-refractivity contribution in [2.45, 2.75) is 25.4 Å². The van der Waals surface area contributed by atoms with Crippen molar-refractivity contribution in [3.8, 4) is 0 Å². The lowest BCUT2D eigenvalue weighted by atomic mass is 10.1. The average molecular weight is 305 g/mol. The Balaban J connectivity index is 1.60. The van der Waals surface area contributed by atoms with Crippen LogP contribution in [0.2, 0.25) is 5.02 Å². The molecule has 1 atom stereocenters. The van der Waals surface area contributed by atoms with E-state index >= 15 is 0 Å². The van der Waals surface area contributed by atoms with Crippen LogP contribution in [0.15, 0.2) is 47.1 Å². The summed E-state index contributed by atoms with van der Waals surface area (Å²) in [5, 5.41) is 4.32. The van der Waals surface area contributed by atoms with E-state index in [4.69, 9.17) is 16.0 Å². The summed E-state index contributed by atoms with van der Waals surface area (Å²) >= 11 is 6.02. The fourth-order valence-electron chi connectivity index (χ4n) is 2.94. The second-order valence-corrected chi connectivity index (χ2v) is 5.97. The minimum Gasteiger partial charge on any atom is -0.468 e. The van der Waals surface area contributed by atoms with E-state index in [-0.39, 0.29) is 0 Å². The molecule has 1 aromatic heterocycles. The monoisotopic (exact) mass is 304 g/mol. The van der Waals surface area contributed by atoms with Gasteiger partial charge in [-0.2, -0.15) is 0 Å². The largest absolute Gasteiger partial charge is 0.468 e. The highest BCUT2D eigenvalue weighted by molar-refractivity contribution is 6.30. The Morgan fingerprint density at radius 1 is 1.19 bits per heavy atom. The third-order valence-electron chi connectivity index (χ3n) is 4.01. The van der Waals surface area contributed by atoms with Crippen LogP contribution in [0.3, 0.4) is 0 Å². The first kappa shape index (κ1) is 14.6. The predicted octanol–water partition coefficient (Wildman–Crippen LogP) is 3.86. The van der Waals surface area contributed by atoms with Crippen LogP contribution in [-0.2, 0) is 6.54 Å². The minimum atomic E-state index is 0.321. The van der Waals surface area contributed by atoms with Gasteiger partial charge in [-0.1, -0.05) is 23.7 Å². The molecule has 3 rings (SSSR count). The molecule has 1 fully saturated rings. The van der Waals surface area contributed by atoms with E-state index in [1.165, 1.54) is 18.4 Å². The first-order valence-electron chi connectivity index (χ1n) is 7.55. The Bertz CT molecular complexity index is 550. The van der Waals surface area contributed by atoms with Gasteiger partial charge in [0, 0.05) is 18.1 Å². The van der Waals surface area contributed by atoms with Gasteiger partial charge in [0.25, 0.3) is 0 Å². The standard InChI is InChI=1S/C17H21ClN2O/c18-15-6-3-5-14(11-15)12-19-13-16(17-7-4-10-21-17)20-8-1-2-9-20/h3-7,10-11,16,19H,1-2,8-9,12-13H2. The fourth-order valence-corrected chi connectivity index (χ4v) is 3.16. The van der Waals surface area contributed by atoms with E-state index < -0.39 is 0 Å². The average Bonchev–Trinajstić information content (AvgIpc) is 3.17. The summed E-state index contributed by atoms with van der Waals surface area (Å²) in [6.07, 6.45) is 4.33. The second kappa shape index (κ2) is 7.12. The lowest BCUT2D eigenvalue weighted by molar-refractivity contribution is 0.209. The highest BCUT2D eigenvalue weighted by Gasteiger charge is 2.24. The van der Waals surface area contributed by atoms with Crippen LogP contribution in [-0.4, -0.2) is 24.5 Å². The van der Waals surface area contributed by atoms with E-state index in [0.717, 1.165) is 37.0 Å². The molecule has 1 aliphatic heterocycles. The predicted molar refractivity (Wildman–Crippen MR) is 85.4 cm³/mol. The fraction of sp³-hybridized carbons (Fsp3) is 0.412. The third kappa shape index (κ3) is 3.88. The van der Waals surface area contributed by atoms with Crippen LogP contribution >= 0.6 is 11.6 Å². The lowest BCUT2D eigenvalue weighted by Crippen LogP contribution is -2.33. The van der Waals surface area contributed by atoms with Gasteiger partial charge in [-0.15, -0.1) is 0 Å². The maximum atomic E-state index is 6.02. The molecule has 21 heavy (non-hydrogen) atoms. The summed E-state index contributed by atoms with van der Waals surface area (Å²) in [6.45, 7) is 4.03. The molecule has 1 unspecified atom stereocenters. The Morgan fingerprint density at radius 2 is 2.05 bits per heavy atom. The number of hydrogen-bond donors (Lipinski definition) is 1. The minimum absolute atomic E-state index is 0.321. The first-order valence-corrected chi connectivity index (χ1v) is 7.93. The zero-order chi connectivity index (χ0) is 14.5. The summed E-state index contributed by atoms with van der Waals surface area (Å²) in [5.74, 6) is 1.05. The molecule has 0 radical (unpaired) electrons. The van der Waals surface area contributed by atoms with Crippen molar-refractivity contribution in [2.75, 3.05) is 19.6 Å². The molecule has 2 aromatic rings. The van der Waals surface area contributed by atoms with Crippen molar-refractivity contribution >= 4 is 11.6 Å². The van der Waals surface area contributed by atoms with E-state index in [2.05, 4.69) is 22.3 Å². The summed E-state index contributed by atoms with van der Waals surface area (Å²) in [6, 6.07) is 12.4. The van der Waals surface area contributed by atoms with Crippen molar-refractivity contribution in [1.82, 2.24) is 10.2 Å². The SMILES string of the molecule is Clc1cccc(CNCC(c2ccco2)N2CCCC2)c1. The van der Waals surface area contributed by atoms with Crippen molar-refractivity contribution < 1.29 is 4.42 Å². The van der Waals surface area contributed by atoms with Gasteiger partial charge in [-0.05, 0) is 55.8 Å². The number of hydrogen-bond acceptors (Lipinski definition) is 3. The molecular weight excluding hydrogens is 284 g/mol. The first-order chi connectivity index (χ1) is 10.3. The number of benzene rings is 1. The molecule has 1 N–H and O–H groups in total. The molecular formula is C17H21ClN2O. The van der Waals surface area contributed by atoms with Crippen LogP contribution in [0.1, 0.15) is 30.2 Å². The molecule has 1 aliphatic rings. The molecule has 0 spiro atoms. The lowest BCUT2D eigenvalue weighted by Gasteiger charge is -2.26. The number of likely N-dealkylation sites (tertiary alicyclic amines) is 1. The second-order valence-electron chi connectivity index (χ2n) is 5.54. The Labute approximate surface area is 130 Å². The van der Waals surface area contributed by atoms with Gasteiger partial charge in [0.2, 0.25) is 0 Å². The smallest absolute Gasteiger partial charge is 0.122 e. The molecule has 4 heteroatoms. The number of halogens is 1. The molecule has 112 valence electrons. The number of rotatable bonds is 6. The van der Waals surface area contributed by atoms with Gasteiger partial charge in [0.15, 0.2) is 0 Å². The molecule has 0 amide bonds. The number of furan rings is 1. The van der Waals surface area contributed by atoms with Crippen molar-refractivity contribution in [3.05, 3.63) is 59.0 Å². The normalized spacial score (nSPS) is 17.2. The molecule has 3 nitrogen and oxygen atoms in total. The topological polar surface area (TPSA) is 28.4 Å². The molecule has 0 aliphatic carbocycles. The quantitative estimate of drug-likeness (QED) is 0.878. The summed E-state index contributed by atoms with van der Waals surface area (Å²) < 4.78 is 5.63. The molecule has 0 bridgehead atoms. The molecule has 0 saturated carbocycles. The zero-order valence-electron chi connectivity index (χ0n) is 12.1. The van der Waals surface area contributed by atoms with Gasteiger partial charge in [-0.25, -0.2) is 0 Å².